The molecule has 1 aromatic rings. The number of likely N-dealkylation sites (tertiary alicyclic amines) is 1. The first-order chi connectivity index (χ1) is 8.20. The van der Waals surface area contributed by atoms with Gasteiger partial charge in [-0.3, -0.25) is 4.90 Å². The van der Waals surface area contributed by atoms with E-state index in [-0.39, 0.29) is 0 Å². The zero-order valence-corrected chi connectivity index (χ0v) is 10.5. The Morgan fingerprint density at radius 3 is 3.18 bits per heavy atom. The summed E-state index contributed by atoms with van der Waals surface area (Å²) < 4.78 is 5.04. The number of hydrogen-bond donors (Lipinski definition) is 0. The van der Waals surface area contributed by atoms with Crippen LogP contribution >= 0.6 is 0 Å². The van der Waals surface area contributed by atoms with E-state index in [0.717, 1.165) is 18.8 Å². The van der Waals surface area contributed by atoms with Crippen molar-refractivity contribution >= 4 is 0 Å². The quantitative estimate of drug-likeness (QED) is 0.746. The van der Waals surface area contributed by atoms with Crippen molar-refractivity contribution in [1.29, 1.82) is 0 Å². The van der Waals surface area contributed by atoms with Gasteiger partial charge in [-0.1, -0.05) is 12.2 Å². The van der Waals surface area contributed by atoms with Crippen LogP contribution in [0.2, 0.25) is 0 Å². The van der Waals surface area contributed by atoms with Crippen LogP contribution in [-0.2, 0) is 6.54 Å². The Morgan fingerprint density at radius 1 is 1.65 bits per heavy atom. The van der Waals surface area contributed by atoms with E-state index in [1.54, 1.807) is 13.3 Å². The fourth-order valence-electron chi connectivity index (χ4n) is 2.34. The largest absolute Gasteiger partial charge is 0.467 e. The van der Waals surface area contributed by atoms with Gasteiger partial charge in [-0.05, 0) is 32.4 Å². The summed E-state index contributed by atoms with van der Waals surface area (Å²) in [4.78, 5) is 10.8. The molecule has 0 aromatic carbocycles. The summed E-state index contributed by atoms with van der Waals surface area (Å²) in [6.45, 7) is 8.12. The number of nitrogens with zero attached hydrogens (tertiary/aromatic N) is 3. The highest BCUT2D eigenvalue weighted by molar-refractivity contribution is 5.10. The lowest BCUT2D eigenvalue weighted by Gasteiger charge is -2.24. The first kappa shape index (κ1) is 12.0. The lowest BCUT2D eigenvalue weighted by Crippen LogP contribution is -2.29. The third-order valence-corrected chi connectivity index (χ3v) is 3.17. The second kappa shape index (κ2) is 5.27. The Morgan fingerprint density at radius 2 is 2.47 bits per heavy atom. The van der Waals surface area contributed by atoms with E-state index in [2.05, 4.69) is 28.4 Å². The molecular weight excluding hydrogens is 214 g/mol. The lowest BCUT2D eigenvalue weighted by atomic mass is 10.1. The fraction of sp³-hybridized carbons (Fsp3) is 0.538. The van der Waals surface area contributed by atoms with E-state index in [9.17, 15) is 0 Å². The molecule has 0 spiro atoms. The summed E-state index contributed by atoms with van der Waals surface area (Å²) in [5, 5.41) is 0. The average Bonchev–Trinajstić information content (AvgIpc) is 2.77. The van der Waals surface area contributed by atoms with E-state index < -0.39 is 0 Å². The molecule has 0 bridgehead atoms. The van der Waals surface area contributed by atoms with E-state index >= 15 is 0 Å². The molecule has 1 aromatic heterocycles. The van der Waals surface area contributed by atoms with Gasteiger partial charge in [-0.25, -0.2) is 4.98 Å². The summed E-state index contributed by atoms with van der Waals surface area (Å²) >= 11 is 0. The van der Waals surface area contributed by atoms with Gasteiger partial charge in [-0.15, -0.1) is 0 Å². The smallest absolute Gasteiger partial charge is 0.316 e. The Kier molecular flexibility index (Phi) is 3.74. The first-order valence-corrected chi connectivity index (χ1v) is 5.96. The number of methoxy groups -OCH3 is 1. The summed E-state index contributed by atoms with van der Waals surface area (Å²) in [5.41, 5.74) is 2.24. The molecule has 17 heavy (non-hydrogen) atoms. The van der Waals surface area contributed by atoms with Crippen molar-refractivity contribution in [1.82, 2.24) is 14.9 Å². The minimum atomic E-state index is 0.438. The topological polar surface area (TPSA) is 38.2 Å². The van der Waals surface area contributed by atoms with Gasteiger partial charge >= 0.3 is 6.01 Å². The van der Waals surface area contributed by atoms with Gasteiger partial charge < -0.3 is 4.74 Å². The van der Waals surface area contributed by atoms with Crippen LogP contribution in [0.4, 0.5) is 0 Å². The maximum atomic E-state index is 5.04. The second-order valence-corrected chi connectivity index (χ2v) is 4.51. The molecule has 4 heteroatoms. The summed E-state index contributed by atoms with van der Waals surface area (Å²) in [6.07, 6.45) is 4.18. The Hall–Kier alpha value is -1.42. The monoisotopic (exact) mass is 233 g/mol. The number of rotatable bonds is 4. The van der Waals surface area contributed by atoms with Crippen LogP contribution in [0.15, 0.2) is 24.4 Å². The van der Waals surface area contributed by atoms with Crippen LogP contribution in [0.25, 0.3) is 0 Å². The van der Waals surface area contributed by atoms with Crippen molar-refractivity contribution in [2.75, 3.05) is 13.7 Å². The minimum absolute atomic E-state index is 0.438. The van der Waals surface area contributed by atoms with Crippen LogP contribution < -0.4 is 4.74 Å². The molecule has 1 aliphatic heterocycles. The highest BCUT2D eigenvalue weighted by Crippen LogP contribution is 2.24. The zero-order chi connectivity index (χ0) is 12.3. The standard InChI is InChI=1S/C13H19N3O/c1-10(2)12-5-4-8-16(12)9-11-6-7-14-13(15-11)17-3/h6-7,12H,1,4-5,8-9H2,2-3H3. The maximum absolute atomic E-state index is 5.04. The van der Waals surface area contributed by atoms with Crippen molar-refractivity contribution in [3.05, 3.63) is 30.1 Å². The molecular formula is C13H19N3O. The molecule has 0 N–H and O–H groups in total. The van der Waals surface area contributed by atoms with Crippen LogP contribution in [0.5, 0.6) is 6.01 Å². The normalized spacial score (nSPS) is 20.5. The van der Waals surface area contributed by atoms with Crippen molar-refractivity contribution in [3.8, 4) is 6.01 Å². The van der Waals surface area contributed by atoms with Crippen molar-refractivity contribution in [3.63, 3.8) is 0 Å². The SMILES string of the molecule is C=C(C)C1CCCN1Cc1ccnc(OC)n1. The van der Waals surface area contributed by atoms with E-state index in [0.29, 0.717) is 12.1 Å². The van der Waals surface area contributed by atoms with Gasteiger partial charge in [0.25, 0.3) is 0 Å². The summed E-state index contributed by atoms with van der Waals surface area (Å²) in [6, 6.07) is 2.88. The van der Waals surface area contributed by atoms with Gasteiger partial charge in [0.2, 0.25) is 0 Å². The molecule has 0 amide bonds. The number of aromatic nitrogens is 2. The molecule has 1 unspecified atom stereocenters. The van der Waals surface area contributed by atoms with Crippen LogP contribution in [0, 0.1) is 0 Å². The molecule has 4 nitrogen and oxygen atoms in total. The van der Waals surface area contributed by atoms with Crippen LogP contribution in [0.1, 0.15) is 25.5 Å². The molecule has 2 rings (SSSR count). The van der Waals surface area contributed by atoms with Crippen LogP contribution in [-0.4, -0.2) is 34.6 Å². The fourth-order valence-corrected chi connectivity index (χ4v) is 2.34. The third kappa shape index (κ3) is 2.82. The van der Waals surface area contributed by atoms with Crippen molar-refractivity contribution in [2.24, 2.45) is 0 Å². The lowest BCUT2D eigenvalue weighted by molar-refractivity contribution is 0.267. The molecule has 0 radical (unpaired) electrons. The van der Waals surface area contributed by atoms with E-state index in [1.165, 1.54) is 18.4 Å². The summed E-state index contributed by atoms with van der Waals surface area (Å²) in [7, 11) is 1.59. The summed E-state index contributed by atoms with van der Waals surface area (Å²) in [5.74, 6) is 0. The van der Waals surface area contributed by atoms with E-state index in [4.69, 9.17) is 4.74 Å². The predicted octanol–water partition coefficient (Wildman–Crippen LogP) is 2.03. The Balaban J connectivity index is 2.06. The predicted molar refractivity (Wildman–Crippen MR) is 66.8 cm³/mol. The highest BCUT2D eigenvalue weighted by atomic mass is 16.5. The average molecular weight is 233 g/mol. The van der Waals surface area contributed by atoms with Gasteiger partial charge in [0, 0.05) is 18.8 Å². The van der Waals surface area contributed by atoms with Crippen LogP contribution in [0.3, 0.4) is 0 Å². The van der Waals surface area contributed by atoms with Crippen molar-refractivity contribution < 1.29 is 4.74 Å². The minimum Gasteiger partial charge on any atom is -0.467 e. The first-order valence-electron chi connectivity index (χ1n) is 5.96. The van der Waals surface area contributed by atoms with Gasteiger partial charge in [0.1, 0.15) is 0 Å². The molecule has 1 aliphatic rings. The molecule has 2 heterocycles. The molecule has 1 fully saturated rings. The van der Waals surface area contributed by atoms with Crippen molar-refractivity contribution in [2.45, 2.75) is 32.4 Å². The Labute approximate surface area is 102 Å². The zero-order valence-electron chi connectivity index (χ0n) is 10.5. The number of ether oxygens (including phenoxy) is 1. The molecule has 92 valence electrons. The third-order valence-electron chi connectivity index (χ3n) is 3.17. The second-order valence-electron chi connectivity index (χ2n) is 4.51. The maximum Gasteiger partial charge on any atom is 0.316 e. The molecule has 0 saturated carbocycles. The van der Waals surface area contributed by atoms with E-state index in [1.807, 2.05) is 6.07 Å². The molecule has 1 saturated heterocycles. The van der Waals surface area contributed by atoms with Gasteiger partial charge in [0.05, 0.1) is 12.8 Å². The van der Waals surface area contributed by atoms with Gasteiger partial charge in [0.15, 0.2) is 0 Å². The molecule has 0 aliphatic carbocycles. The highest BCUT2D eigenvalue weighted by Gasteiger charge is 2.25. The molecule has 1 atom stereocenters. The van der Waals surface area contributed by atoms with Gasteiger partial charge in [-0.2, -0.15) is 4.98 Å². The number of hydrogen-bond acceptors (Lipinski definition) is 4. The Bertz CT molecular complexity index is 405.